The number of aromatic nitrogens is 1. The fourth-order valence-corrected chi connectivity index (χ4v) is 6.45. The smallest absolute Gasteiger partial charge is 0.224 e. The van der Waals surface area contributed by atoms with E-state index < -0.39 is 10.1 Å². The third kappa shape index (κ3) is 18.4. The molecule has 2 atom stereocenters. The van der Waals surface area contributed by atoms with Crippen molar-refractivity contribution in [2.45, 2.75) is 141 Å². The van der Waals surface area contributed by atoms with Crippen molar-refractivity contribution < 1.29 is 27.0 Å². The van der Waals surface area contributed by atoms with Crippen LogP contribution in [0.4, 0.5) is 0 Å². The number of nitrogens with zero attached hydrogens (tertiary/aromatic N) is 1. The Bertz CT molecular complexity index is 995. The second-order valence-corrected chi connectivity index (χ2v) is 14.0. The minimum atomic E-state index is -4.27. The normalized spacial score (nSPS) is 16.8. The van der Waals surface area contributed by atoms with Crippen molar-refractivity contribution in [2.24, 2.45) is 5.92 Å². The Kier molecular flexibility index (Phi) is 20.3. The van der Waals surface area contributed by atoms with Crippen LogP contribution in [0.5, 0.6) is 0 Å². The maximum Gasteiger partial charge on any atom is 0.224 e. The Balaban J connectivity index is 0.000000468. The standard InChI is InChI=1S/C27H50NO2S.C7H8O3S/c1-2-3-4-5-6-7-8-9-10-11-12-14-17-26-22-27(30-23-26)24-29-20-16-13-15-18-28-19-21-31-25-28;1-6-2-4-7(5-3-6)11(8,9)10/h19,21,25-27H,2-18,20,22-24H2,1H3;2-5H,1H3,(H,8,9,10)/q+1;/p-1/t26-,27+;/m0./s1. The lowest BCUT2D eigenvalue weighted by Crippen LogP contribution is -2.29. The lowest BCUT2D eigenvalue weighted by molar-refractivity contribution is -0.692. The number of thiazole rings is 1. The van der Waals surface area contributed by atoms with Crippen molar-refractivity contribution in [3.05, 3.63) is 46.9 Å². The average Bonchev–Trinajstić information content (AvgIpc) is 3.66. The summed E-state index contributed by atoms with van der Waals surface area (Å²) in [5, 5.41) is 2.13. The van der Waals surface area contributed by atoms with Crippen molar-refractivity contribution in [3.8, 4) is 0 Å². The van der Waals surface area contributed by atoms with Crippen LogP contribution in [-0.2, 0) is 26.1 Å². The average molecular weight is 624 g/mol. The van der Waals surface area contributed by atoms with E-state index in [1.165, 1.54) is 121 Å². The van der Waals surface area contributed by atoms with Gasteiger partial charge in [0.05, 0.1) is 23.0 Å². The summed E-state index contributed by atoms with van der Waals surface area (Å²) in [7, 11) is -4.27. The molecule has 0 spiro atoms. The van der Waals surface area contributed by atoms with Crippen molar-refractivity contribution >= 4 is 21.5 Å². The minimum Gasteiger partial charge on any atom is -0.744 e. The van der Waals surface area contributed by atoms with Crippen LogP contribution in [0.2, 0.25) is 0 Å². The molecule has 0 unspecified atom stereocenters. The zero-order valence-corrected chi connectivity index (χ0v) is 28.0. The predicted octanol–water partition coefficient (Wildman–Crippen LogP) is 8.62. The van der Waals surface area contributed by atoms with Crippen LogP contribution in [0.3, 0.4) is 0 Å². The van der Waals surface area contributed by atoms with Gasteiger partial charge in [0.1, 0.15) is 16.7 Å². The van der Waals surface area contributed by atoms with Crippen LogP contribution in [0.25, 0.3) is 0 Å². The zero-order valence-electron chi connectivity index (χ0n) is 26.4. The van der Waals surface area contributed by atoms with Crippen LogP contribution in [0.15, 0.2) is 46.2 Å². The largest absolute Gasteiger partial charge is 0.744 e. The molecule has 1 aliphatic rings. The number of hydrogen-bond donors (Lipinski definition) is 0. The van der Waals surface area contributed by atoms with Gasteiger partial charge < -0.3 is 14.0 Å². The molecular formula is C34H57NO5S2. The molecule has 0 saturated carbocycles. The molecule has 6 nitrogen and oxygen atoms in total. The van der Waals surface area contributed by atoms with E-state index in [1.807, 2.05) is 6.92 Å². The van der Waals surface area contributed by atoms with Crippen LogP contribution in [-0.4, -0.2) is 38.9 Å². The Morgan fingerprint density at radius 1 is 0.905 bits per heavy atom. The molecule has 8 heteroatoms. The highest BCUT2D eigenvalue weighted by Gasteiger charge is 2.25. The molecule has 1 aromatic heterocycles. The van der Waals surface area contributed by atoms with Gasteiger partial charge in [-0.3, -0.25) is 0 Å². The Morgan fingerprint density at radius 2 is 1.52 bits per heavy atom. The number of aryl methyl sites for hydroxylation is 2. The van der Waals surface area contributed by atoms with Gasteiger partial charge in [0.2, 0.25) is 5.51 Å². The number of hydrogen-bond acceptors (Lipinski definition) is 6. The maximum atomic E-state index is 10.4. The first-order valence-electron chi connectivity index (χ1n) is 16.5. The first-order chi connectivity index (χ1) is 20.4. The van der Waals surface area contributed by atoms with Gasteiger partial charge in [-0.25, -0.2) is 8.42 Å². The van der Waals surface area contributed by atoms with Gasteiger partial charge in [-0.1, -0.05) is 113 Å². The molecule has 1 fully saturated rings. The molecule has 42 heavy (non-hydrogen) atoms. The number of unbranched alkanes of at least 4 members (excludes halogenated alkanes) is 13. The van der Waals surface area contributed by atoms with E-state index in [2.05, 4.69) is 28.6 Å². The maximum absolute atomic E-state index is 10.4. The SMILES string of the molecule is CCCCCCCCCCCCCC[C@@H]1CO[C@@H](COCCCCC[n+]2ccsc2)C1.Cc1ccc(S(=O)(=O)[O-])cc1. The minimum absolute atomic E-state index is 0.178. The van der Waals surface area contributed by atoms with Gasteiger partial charge in [-0.15, -0.1) is 0 Å². The summed E-state index contributed by atoms with van der Waals surface area (Å²) in [5.41, 5.74) is 3.11. The first kappa shape index (κ1) is 36.9. The van der Waals surface area contributed by atoms with E-state index >= 15 is 0 Å². The highest BCUT2D eigenvalue weighted by atomic mass is 32.2. The van der Waals surface area contributed by atoms with Gasteiger partial charge in [0, 0.05) is 19.6 Å². The molecular weight excluding hydrogens is 567 g/mol. The van der Waals surface area contributed by atoms with Gasteiger partial charge >= 0.3 is 0 Å². The molecule has 1 saturated heterocycles. The highest BCUT2D eigenvalue weighted by Crippen LogP contribution is 2.25. The number of ether oxygens (including phenoxy) is 2. The molecule has 0 amide bonds. The van der Waals surface area contributed by atoms with Crippen molar-refractivity contribution in [2.75, 3.05) is 19.8 Å². The van der Waals surface area contributed by atoms with E-state index in [-0.39, 0.29) is 4.90 Å². The van der Waals surface area contributed by atoms with E-state index in [0.29, 0.717) is 6.10 Å². The van der Waals surface area contributed by atoms with Crippen LogP contribution < -0.4 is 4.57 Å². The third-order valence-corrected chi connectivity index (χ3v) is 9.50. The molecule has 3 rings (SSSR count). The van der Waals surface area contributed by atoms with Crippen molar-refractivity contribution in [1.82, 2.24) is 0 Å². The topological polar surface area (TPSA) is 79.5 Å². The second-order valence-electron chi connectivity index (χ2n) is 11.9. The second kappa shape index (κ2) is 23.1. The lowest BCUT2D eigenvalue weighted by Gasteiger charge is -2.10. The summed E-state index contributed by atoms with van der Waals surface area (Å²) < 4.78 is 45.3. The van der Waals surface area contributed by atoms with Gasteiger partial charge in [-0.05, 0) is 50.7 Å². The van der Waals surface area contributed by atoms with E-state index in [0.717, 1.165) is 37.8 Å². The number of rotatable bonds is 22. The molecule has 1 aromatic carbocycles. The van der Waals surface area contributed by atoms with Crippen molar-refractivity contribution in [3.63, 3.8) is 0 Å². The predicted molar refractivity (Wildman–Crippen MR) is 172 cm³/mol. The molecule has 0 N–H and O–H groups in total. The Morgan fingerprint density at radius 3 is 2.12 bits per heavy atom. The fraction of sp³-hybridized carbons (Fsp3) is 0.735. The van der Waals surface area contributed by atoms with E-state index in [4.69, 9.17) is 9.47 Å². The monoisotopic (exact) mass is 623 g/mol. The van der Waals surface area contributed by atoms with E-state index in [9.17, 15) is 13.0 Å². The first-order valence-corrected chi connectivity index (χ1v) is 18.9. The molecule has 240 valence electrons. The van der Waals surface area contributed by atoms with Crippen molar-refractivity contribution in [1.29, 1.82) is 0 Å². The molecule has 2 aromatic rings. The summed E-state index contributed by atoms with van der Waals surface area (Å²) in [4.78, 5) is -0.178. The zero-order chi connectivity index (χ0) is 30.3. The summed E-state index contributed by atoms with van der Waals surface area (Å²) in [6.45, 7) is 7.90. The van der Waals surface area contributed by atoms with Crippen LogP contribution in [0, 0.1) is 12.8 Å². The third-order valence-electron chi connectivity index (χ3n) is 7.98. The molecule has 2 heterocycles. The Hall–Kier alpha value is -1.32. The fourth-order valence-electron chi connectivity index (χ4n) is 5.36. The van der Waals surface area contributed by atoms with Crippen LogP contribution >= 0.6 is 11.3 Å². The Labute approximate surface area is 261 Å². The quantitative estimate of drug-likeness (QED) is 0.0745. The summed E-state index contributed by atoms with van der Waals surface area (Å²) in [6.07, 6.45) is 25.9. The number of benzene rings is 1. The van der Waals surface area contributed by atoms with Gasteiger partial charge in [0.15, 0.2) is 6.20 Å². The molecule has 0 aliphatic carbocycles. The van der Waals surface area contributed by atoms with Gasteiger partial charge in [-0.2, -0.15) is 4.57 Å². The molecule has 0 radical (unpaired) electrons. The summed E-state index contributed by atoms with van der Waals surface area (Å²) in [6, 6.07) is 5.78. The van der Waals surface area contributed by atoms with Crippen LogP contribution in [0.1, 0.15) is 122 Å². The van der Waals surface area contributed by atoms with E-state index in [1.54, 1.807) is 23.5 Å². The molecule has 1 aliphatic heterocycles. The highest BCUT2D eigenvalue weighted by molar-refractivity contribution is 7.85. The molecule has 0 bridgehead atoms. The van der Waals surface area contributed by atoms with Gasteiger partial charge in [0.25, 0.3) is 0 Å². The lowest BCUT2D eigenvalue weighted by atomic mass is 9.97. The summed E-state index contributed by atoms with van der Waals surface area (Å²) >= 11 is 1.76. The summed E-state index contributed by atoms with van der Waals surface area (Å²) in [5.74, 6) is 0.777.